The number of rotatable bonds is 4. The highest BCUT2D eigenvalue weighted by molar-refractivity contribution is 7.23. The van der Waals surface area contributed by atoms with Crippen molar-refractivity contribution in [2.24, 2.45) is 0 Å². The van der Waals surface area contributed by atoms with Crippen molar-refractivity contribution in [3.63, 3.8) is 0 Å². The number of esters is 1. The van der Waals surface area contributed by atoms with E-state index in [2.05, 4.69) is 10.5 Å². The van der Waals surface area contributed by atoms with Gasteiger partial charge in [-0.05, 0) is 19.9 Å². The number of thiophene rings is 1. The minimum absolute atomic E-state index is 0.0924. The van der Waals surface area contributed by atoms with Crippen LogP contribution in [0.3, 0.4) is 0 Å². The molecule has 6 nitrogen and oxygen atoms in total. The summed E-state index contributed by atoms with van der Waals surface area (Å²) in [5, 5.41) is 7.58. The Morgan fingerprint density at radius 2 is 2.13 bits per heavy atom. The fraction of sp³-hybridized carbons (Fsp3) is 0.188. The lowest BCUT2D eigenvalue weighted by atomic mass is 10.1. The summed E-state index contributed by atoms with van der Waals surface area (Å²) < 4.78 is 10.9. The Labute approximate surface area is 136 Å². The summed E-state index contributed by atoms with van der Waals surface area (Å²) in [7, 11) is 0. The molecule has 23 heavy (non-hydrogen) atoms. The number of hydrogen-bond acceptors (Lipinski definition) is 6. The smallest absolute Gasteiger partial charge is 0.341 e. The number of aryl methyl sites for hydroxylation is 1. The van der Waals surface area contributed by atoms with E-state index in [9.17, 15) is 9.59 Å². The topological polar surface area (TPSA) is 81.4 Å². The van der Waals surface area contributed by atoms with Crippen LogP contribution < -0.4 is 5.32 Å². The summed E-state index contributed by atoms with van der Waals surface area (Å²) >= 11 is 1.31. The Balaban J connectivity index is 2.00. The number of fused-ring (bicyclic) bond motifs is 1. The predicted molar refractivity (Wildman–Crippen MR) is 87.0 cm³/mol. The van der Waals surface area contributed by atoms with Crippen molar-refractivity contribution >= 4 is 38.3 Å². The van der Waals surface area contributed by atoms with Crippen LogP contribution in [-0.4, -0.2) is 23.6 Å². The van der Waals surface area contributed by atoms with Crippen molar-refractivity contribution in [2.75, 3.05) is 11.9 Å². The van der Waals surface area contributed by atoms with Crippen LogP contribution >= 0.6 is 11.3 Å². The average Bonchev–Trinajstić information content (AvgIpc) is 3.10. The molecule has 3 rings (SSSR count). The number of anilines is 1. The number of ether oxygens (including phenoxy) is 1. The molecule has 1 aromatic carbocycles. The molecule has 0 aliphatic heterocycles. The maximum absolute atomic E-state index is 12.3. The van der Waals surface area contributed by atoms with Crippen molar-refractivity contribution in [2.45, 2.75) is 13.8 Å². The number of nitrogens with zero attached hydrogens (tertiary/aromatic N) is 1. The van der Waals surface area contributed by atoms with Gasteiger partial charge in [0.2, 0.25) is 5.76 Å². The molecule has 3 aromatic rings. The minimum Gasteiger partial charge on any atom is -0.462 e. The third-order valence-corrected chi connectivity index (χ3v) is 4.24. The maximum atomic E-state index is 12.3. The van der Waals surface area contributed by atoms with Crippen LogP contribution in [0.2, 0.25) is 0 Å². The average molecular weight is 330 g/mol. The van der Waals surface area contributed by atoms with E-state index < -0.39 is 11.9 Å². The first-order chi connectivity index (χ1) is 11.1. The van der Waals surface area contributed by atoms with Gasteiger partial charge in [0.05, 0.1) is 12.3 Å². The Hall–Kier alpha value is -2.67. The first kappa shape index (κ1) is 15.2. The van der Waals surface area contributed by atoms with Gasteiger partial charge < -0.3 is 14.6 Å². The Morgan fingerprint density at radius 1 is 1.35 bits per heavy atom. The van der Waals surface area contributed by atoms with E-state index in [1.807, 2.05) is 24.3 Å². The zero-order chi connectivity index (χ0) is 16.4. The number of hydrogen-bond donors (Lipinski definition) is 1. The summed E-state index contributed by atoms with van der Waals surface area (Å²) in [4.78, 5) is 24.5. The summed E-state index contributed by atoms with van der Waals surface area (Å²) in [6.07, 6.45) is 0. The SMILES string of the molecule is CCOC(=O)c1c(NC(=O)c2cc(C)no2)sc2ccccc12. The second-order valence-electron chi connectivity index (χ2n) is 4.81. The fourth-order valence-corrected chi connectivity index (χ4v) is 3.26. The summed E-state index contributed by atoms with van der Waals surface area (Å²) in [5.41, 5.74) is 0.967. The summed E-state index contributed by atoms with van der Waals surface area (Å²) in [5.74, 6) is -0.827. The molecule has 0 saturated heterocycles. The molecule has 0 aliphatic rings. The first-order valence-electron chi connectivity index (χ1n) is 7.03. The molecule has 118 valence electrons. The quantitative estimate of drug-likeness (QED) is 0.739. The maximum Gasteiger partial charge on any atom is 0.341 e. The lowest BCUT2D eigenvalue weighted by Gasteiger charge is -2.05. The molecule has 1 N–H and O–H groups in total. The Kier molecular flexibility index (Phi) is 4.12. The number of aromatic nitrogens is 1. The van der Waals surface area contributed by atoms with E-state index in [1.165, 1.54) is 17.4 Å². The van der Waals surface area contributed by atoms with Gasteiger partial charge in [0, 0.05) is 16.2 Å². The van der Waals surface area contributed by atoms with Crippen LogP contribution in [0.4, 0.5) is 5.00 Å². The molecule has 0 unspecified atom stereocenters. The fourth-order valence-electron chi connectivity index (χ4n) is 2.17. The van der Waals surface area contributed by atoms with E-state index in [-0.39, 0.29) is 12.4 Å². The predicted octanol–water partition coefficient (Wildman–Crippen LogP) is 3.63. The largest absolute Gasteiger partial charge is 0.462 e. The van der Waals surface area contributed by atoms with E-state index in [0.717, 1.165) is 10.1 Å². The second-order valence-corrected chi connectivity index (χ2v) is 5.86. The zero-order valence-corrected chi connectivity index (χ0v) is 13.4. The Bertz CT molecular complexity index is 881. The molecule has 2 aromatic heterocycles. The molecular weight excluding hydrogens is 316 g/mol. The van der Waals surface area contributed by atoms with Gasteiger partial charge in [-0.3, -0.25) is 4.79 Å². The number of benzene rings is 1. The summed E-state index contributed by atoms with van der Waals surface area (Å²) in [6, 6.07) is 8.96. The van der Waals surface area contributed by atoms with Crippen molar-refractivity contribution in [1.82, 2.24) is 5.16 Å². The zero-order valence-electron chi connectivity index (χ0n) is 12.6. The highest BCUT2D eigenvalue weighted by atomic mass is 32.1. The molecule has 1 amide bonds. The highest BCUT2D eigenvalue weighted by Crippen LogP contribution is 2.36. The van der Waals surface area contributed by atoms with Gasteiger partial charge in [0.25, 0.3) is 5.91 Å². The van der Waals surface area contributed by atoms with E-state index in [4.69, 9.17) is 9.26 Å². The lowest BCUT2D eigenvalue weighted by molar-refractivity contribution is 0.0530. The van der Waals surface area contributed by atoms with Crippen LogP contribution in [0.25, 0.3) is 10.1 Å². The normalized spacial score (nSPS) is 10.7. The van der Waals surface area contributed by atoms with Gasteiger partial charge in [-0.15, -0.1) is 11.3 Å². The van der Waals surface area contributed by atoms with Crippen LogP contribution in [0.15, 0.2) is 34.9 Å². The van der Waals surface area contributed by atoms with Crippen molar-refractivity contribution in [1.29, 1.82) is 0 Å². The minimum atomic E-state index is -0.464. The highest BCUT2D eigenvalue weighted by Gasteiger charge is 2.23. The molecule has 0 atom stereocenters. The second kappa shape index (κ2) is 6.21. The van der Waals surface area contributed by atoms with Gasteiger partial charge in [-0.2, -0.15) is 0 Å². The van der Waals surface area contributed by atoms with Gasteiger partial charge >= 0.3 is 5.97 Å². The molecule has 0 radical (unpaired) electrons. The number of nitrogens with one attached hydrogen (secondary N) is 1. The van der Waals surface area contributed by atoms with Crippen LogP contribution in [0, 0.1) is 6.92 Å². The van der Waals surface area contributed by atoms with Crippen molar-refractivity contribution in [3.05, 3.63) is 47.3 Å². The molecule has 0 bridgehead atoms. The first-order valence-corrected chi connectivity index (χ1v) is 7.85. The molecular formula is C16H14N2O4S. The van der Waals surface area contributed by atoms with E-state index >= 15 is 0 Å². The molecule has 0 saturated carbocycles. The van der Waals surface area contributed by atoms with E-state index in [0.29, 0.717) is 16.3 Å². The summed E-state index contributed by atoms with van der Waals surface area (Å²) in [6.45, 7) is 3.73. The van der Waals surface area contributed by atoms with Gasteiger partial charge in [0.1, 0.15) is 10.6 Å². The standard InChI is InChI=1S/C16H14N2O4S/c1-3-21-16(20)13-10-6-4-5-7-12(10)23-15(13)17-14(19)11-8-9(2)18-22-11/h4-8H,3H2,1-2H3,(H,17,19). The van der Waals surface area contributed by atoms with Gasteiger partial charge in [0.15, 0.2) is 0 Å². The molecule has 7 heteroatoms. The number of carbonyl (C=O) groups excluding carboxylic acids is 2. The third-order valence-electron chi connectivity index (χ3n) is 3.15. The monoisotopic (exact) mass is 330 g/mol. The third kappa shape index (κ3) is 2.95. The van der Waals surface area contributed by atoms with Gasteiger partial charge in [-0.1, -0.05) is 23.4 Å². The van der Waals surface area contributed by atoms with Crippen LogP contribution in [-0.2, 0) is 4.74 Å². The van der Waals surface area contributed by atoms with Gasteiger partial charge in [-0.25, -0.2) is 4.79 Å². The van der Waals surface area contributed by atoms with Crippen LogP contribution in [0.1, 0.15) is 33.5 Å². The molecule has 2 heterocycles. The van der Waals surface area contributed by atoms with Crippen molar-refractivity contribution in [3.8, 4) is 0 Å². The number of amides is 1. The van der Waals surface area contributed by atoms with Crippen LogP contribution in [0.5, 0.6) is 0 Å². The van der Waals surface area contributed by atoms with Crippen molar-refractivity contribution < 1.29 is 18.8 Å². The molecule has 0 fully saturated rings. The number of carbonyl (C=O) groups is 2. The van der Waals surface area contributed by atoms with E-state index in [1.54, 1.807) is 13.8 Å². The Morgan fingerprint density at radius 3 is 2.83 bits per heavy atom. The molecule has 0 spiro atoms. The lowest BCUT2D eigenvalue weighted by Crippen LogP contribution is -2.13. The molecule has 0 aliphatic carbocycles.